The fourth-order valence-corrected chi connectivity index (χ4v) is 2.66. The van der Waals surface area contributed by atoms with Gasteiger partial charge >= 0.3 is 0 Å². The lowest BCUT2D eigenvalue weighted by Gasteiger charge is -2.28. The van der Waals surface area contributed by atoms with Gasteiger partial charge in [-0.15, -0.1) is 0 Å². The van der Waals surface area contributed by atoms with Gasteiger partial charge in [0.05, 0.1) is 36.9 Å². The van der Waals surface area contributed by atoms with Crippen molar-refractivity contribution in [3.8, 4) is 0 Å². The number of anilines is 2. The van der Waals surface area contributed by atoms with Crippen molar-refractivity contribution >= 4 is 17.4 Å². The Hall–Kier alpha value is -2.34. The molecule has 23 heavy (non-hydrogen) atoms. The number of carbonyl (C=O) groups excluding carboxylic acids is 1. The molecular weight excluding hydrogens is 294 g/mol. The van der Waals surface area contributed by atoms with Gasteiger partial charge in [-0.25, -0.2) is 4.98 Å². The van der Waals surface area contributed by atoms with Gasteiger partial charge in [-0.3, -0.25) is 4.79 Å². The number of morpholine rings is 1. The van der Waals surface area contributed by atoms with Crippen molar-refractivity contribution in [3.63, 3.8) is 0 Å². The SMILES string of the molecule is CCc1occc1C(=O)N(C)c1ccc(N2CCOCC2)nc1. The molecule has 0 aromatic carbocycles. The van der Waals surface area contributed by atoms with Crippen molar-refractivity contribution in [3.05, 3.63) is 42.0 Å². The van der Waals surface area contributed by atoms with Gasteiger partial charge in [-0.05, 0) is 18.2 Å². The zero-order valence-electron chi connectivity index (χ0n) is 13.5. The van der Waals surface area contributed by atoms with Crippen LogP contribution in [0.1, 0.15) is 23.0 Å². The summed E-state index contributed by atoms with van der Waals surface area (Å²) in [6.07, 6.45) is 3.98. The van der Waals surface area contributed by atoms with E-state index in [0.29, 0.717) is 17.7 Å². The number of hydrogen-bond donors (Lipinski definition) is 0. The van der Waals surface area contributed by atoms with Crippen LogP contribution in [-0.4, -0.2) is 44.2 Å². The molecule has 0 aliphatic carbocycles. The molecule has 0 N–H and O–H groups in total. The summed E-state index contributed by atoms with van der Waals surface area (Å²) in [5.41, 5.74) is 1.36. The summed E-state index contributed by atoms with van der Waals surface area (Å²) in [5.74, 6) is 1.53. The molecule has 1 fully saturated rings. The predicted molar refractivity (Wildman–Crippen MR) is 88.1 cm³/mol. The Balaban J connectivity index is 1.74. The normalized spacial score (nSPS) is 14.8. The van der Waals surface area contributed by atoms with Crippen LogP contribution in [0.2, 0.25) is 0 Å². The van der Waals surface area contributed by atoms with Gasteiger partial charge in [-0.2, -0.15) is 0 Å². The summed E-state index contributed by atoms with van der Waals surface area (Å²) in [5, 5.41) is 0. The maximum Gasteiger partial charge on any atom is 0.261 e. The van der Waals surface area contributed by atoms with E-state index in [2.05, 4.69) is 9.88 Å². The molecule has 1 aliphatic rings. The summed E-state index contributed by atoms with van der Waals surface area (Å²) >= 11 is 0. The first-order valence-electron chi connectivity index (χ1n) is 7.84. The van der Waals surface area contributed by atoms with Gasteiger partial charge < -0.3 is 19.0 Å². The highest BCUT2D eigenvalue weighted by Gasteiger charge is 2.19. The number of rotatable bonds is 4. The second kappa shape index (κ2) is 6.83. The molecule has 0 bridgehead atoms. The van der Waals surface area contributed by atoms with E-state index in [4.69, 9.17) is 9.15 Å². The van der Waals surface area contributed by atoms with Crippen LogP contribution in [-0.2, 0) is 11.2 Å². The van der Waals surface area contributed by atoms with E-state index in [1.54, 1.807) is 30.5 Å². The Morgan fingerprint density at radius 3 is 2.74 bits per heavy atom. The Morgan fingerprint density at radius 2 is 2.09 bits per heavy atom. The Morgan fingerprint density at radius 1 is 1.30 bits per heavy atom. The first-order chi connectivity index (χ1) is 11.2. The third-order valence-electron chi connectivity index (χ3n) is 4.06. The Labute approximate surface area is 135 Å². The summed E-state index contributed by atoms with van der Waals surface area (Å²) < 4.78 is 10.7. The van der Waals surface area contributed by atoms with Crippen LogP contribution in [0.4, 0.5) is 11.5 Å². The molecule has 3 rings (SSSR count). The lowest BCUT2D eigenvalue weighted by atomic mass is 10.2. The van der Waals surface area contributed by atoms with Gasteiger partial charge in [0.15, 0.2) is 0 Å². The van der Waals surface area contributed by atoms with E-state index in [1.807, 2.05) is 19.1 Å². The van der Waals surface area contributed by atoms with Gasteiger partial charge in [0.25, 0.3) is 5.91 Å². The standard InChI is InChI=1S/C17H21N3O3/c1-3-15-14(6-9-23-15)17(21)19(2)13-4-5-16(18-12-13)20-7-10-22-11-8-20/h4-6,9,12H,3,7-8,10-11H2,1-2H3. The quantitative estimate of drug-likeness (QED) is 0.867. The second-order valence-corrected chi connectivity index (χ2v) is 5.45. The van der Waals surface area contributed by atoms with Crippen molar-refractivity contribution in [2.24, 2.45) is 0 Å². The first kappa shape index (κ1) is 15.6. The number of aryl methyl sites for hydroxylation is 1. The third-order valence-corrected chi connectivity index (χ3v) is 4.06. The molecule has 6 heteroatoms. The number of pyridine rings is 1. The number of furan rings is 1. The minimum absolute atomic E-state index is 0.0866. The highest BCUT2D eigenvalue weighted by Crippen LogP contribution is 2.21. The number of nitrogens with zero attached hydrogens (tertiary/aromatic N) is 3. The predicted octanol–water partition coefficient (Wildman–Crippen LogP) is 2.35. The van der Waals surface area contributed by atoms with Crippen LogP contribution in [0.25, 0.3) is 0 Å². The molecule has 1 aliphatic heterocycles. The smallest absolute Gasteiger partial charge is 0.261 e. The van der Waals surface area contributed by atoms with Crippen LogP contribution >= 0.6 is 0 Å². The number of ether oxygens (including phenoxy) is 1. The van der Waals surface area contributed by atoms with Crippen LogP contribution in [0.3, 0.4) is 0 Å². The average molecular weight is 315 g/mol. The van der Waals surface area contributed by atoms with Gasteiger partial charge in [0, 0.05) is 26.6 Å². The van der Waals surface area contributed by atoms with Crippen molar-refractivity contribution in [1.29, 1.82) is 0 Å². The van der Waals surface area contributed by atoms with E-state index < -0.39 is 0 Å². The average Bonchev–Trinajstić information content (AvgIpc) is 3.10. The highest BCUT2D eigenvalue weighted by atomic mass is 16.5. The Bertz CT molecular complexity index is 660. The van der Waals surface area contributed by atoms with Crippen molar-refractivity contribution in [1.82, 2.24) is 4.98 Å². The first-order valence-corrected chi connectivity index (χ1v) is 7.84. The zero-order chi connectivity index (χ0) is 16.2. The maximum absolute atomic E-state index is 12.6. The fraction of sp³-hybridized carbons (Fsp3) is 0.412. The second-order valence-electron chi connectivity index (χ2n) is 5.45. The van der Waals surface area contributed by atoms with E-state index in [9.17, 15) is 4.79 Å². The molecule has 1 saturated heterocycles. The molecule has 0 spiro atoms. The maximum atomic E-state index is 12.6. The molecule has 2 aromatic heterocycles. The van der Waals surface area contributed by atoms with Crippen LogP contribution in [0.5, 0.6) is 0 Å². The fourth-order valence-electron chi connectivity index (χ4n) is 2.66. The zero-order valence-corrected chi connectivity index (χ0v) is 13.5. The Kier molecular flexibility index (Phi) is 4.62. The largest absolute Gasteiger partial charge is 0.469 e. The van der Waals surface area contributed by atoms with Gasteiger partial charge in [0.2, 0.25) is 0 Å². The van der Waals surface area contributed by atoms with Crippen LogP contribution in [0, 0.1) is 0 Å². The van der Waals surface area contributed by atoms with E-state index in [1.165, 1.54) is 0 Å². The van der Waals surface area contributed by atoms with Gasteiger partial charge in [0.1, 0.15) is 11.6 Å². The monoisotopic (exact) mass is 315 g/mol. The molecule has 1 amide bonds. The van der Waals surface area contributed by atoms with Crippen molar-refractivity contribution in [2.45, 2.75) is 13.3 Å². The summed E-state index contributed by atoms with van der Waals surface area (Å²) in [6, 6.07) is 5.58. The highest BCUT2D eigenvalue weighted by molar-refractivity contribution is 6.06. The third kappa shape index (κ3) is 3.22. The molecule has 3 heterocycles. The molecule has 0 radical (unpaired) electrons. The summed E-state index contributed by atoms with van der Waals surface area (Å²) in [4.78, 5) is 20.8. The molecule has 0 atom stereocenters. The molecule has 6 nitrogen and oxygen atoms in total. The molecule has 0 saturated carbocycles. The van der Waals surface area contributed by atoms with Crippen LogP contribution in [0.15, 0.2) is 35.1 Å². The molecular formula is C17H21N3O3. The van der Waals surface area contributed by atoms with Crippen molar-refractivity contribution < 1.29 is 13.9 Å². The van der Waals surface area contributed by atoms with Gasteiger partial charge in [-0.1, -0.05) is 6.92 Å². The summed E-state index contributed by atoms with van der Waals surface area (Å²) in [7, 11) is 1.75. The molecule has 122 valence electrons. The number of hydrogen-bond acceptors (Lipinski definition) is 5. The lowest BCUT2D eigenvalue weighted by Crippen LogP contribution is -2.36. The van der Waals surface area contributed by atoms with Crippen molar-refractivity contribution in [2.75, 3.05) is 43.2 Å². The lowest BCUT2D eigenvalue weighted by molar-refractivity contribution is 0.0991. The van der Waals surface area contributed by atoms with E-state index in [0.717, 1.165) is 37.8 Å². The van der Waals surface area contributed by atoms with E-state index in [-0.39, 0.29) is 5.91 Å². The number of carbonyl (C=O) groups is 1. The number of amides is 1. The summed E-state index contributed by atoms with van der Waals surface area (Å²) in [6.45, 7) is 5.10. The molecule has 2 aromatic rings. The van der Waals surface area contributed by atoms with Crippen LogP contribution < -0.4 is 9.80 Å². The minimum atomic E-state index is -0.0866. The molecule has 0 unspecified atom stereocenters. The minimum Gasteiger partial charge on any atom is -0.469 e. The number of aromatic nitrogens is 1. The topological polar surface area (TPSA) is 58.8 Å². The van der Waals surface area contributed by atoms with E-state index >= 15 is 0 Å².